The molecule has 0 amide bonds. The van der Waals surface area contributed by atoms with Crippen LogP contribution in [0.5, 0.6) is 0 Å². The largest absolute Gasteiger partial charge is 0.287 e. The predicted octanol–water partition coefficient (Wildman–Crippen LogP) is 1.55. The van der Waals surface area contributed by atoms with Gasteiger partial charge in [0.25, 0.3) is 0 Å². The first kappa shape index (κ1) is 8.29. The van der Waals surface area contributed by atoms with E-state index in [2.05, 4.69) is 24.0 Å². The van der Waals surface area contributed by atoms with Crippen LogP contribution >= 0.6 is 0 Å². The molecule has 0 spiro atoms. The molecule has 11 heavy (non-hydrogen) atoms. The van der Waals surface area contributed by atoms with E-state index in [1.165, 1.54) is 5.57 Å². The molecule has 1 unspecified atom stereocenters. The number of rotatable bonds is 1. The van der Waals surface area contributed by atoms with E-state index < -0.39 is 0 Å². The van der Waals surface area contributed by atoms with Crippen molar-refractivity contribution in [2.24, 2.45) is 0 Å². The van der Waals surface area contributed by atoms with E-state index in [-0.39, 0.29) is 6.04 Å². The van der Waals surface area contributed by atoms with Crippen LogP contribution in [-0.2, 0) is 0 Å². The summed E-state index contributed by atoms with van der Waals surface area (Å²) in [6.07, 6.45) is 4.21. The maximum absolute atomic E-state index is 8.70. The first-order chi connectivity index (χ1) is 5.27. The minimum Gasteiger partial charge on any atom is -0.287 e. The fourth-order valence-electron chi connectivity index (χ4n) is 1.36. The summed E-state index contributed by atoms with van der Waals surface area (Å²) in [6, 6.07) is 2.38. The van der Waals surface area contributed by atoms with E-state index in [4.69, 9.17) is 5.26 Å². The van der Waals surface area contributed by atoms with Crippen LogP contribution < -0.4 is 0 Å². The maximum Gasteiger partial charge on any atom is 0.101 e. The highest BCUT2D eigenvalue weighted by Gasteiger charge is 2.17. The van der Waals surface area contributed by atoms with Gasteiger partial charge in [0.1, 0.15) is 6.04 Å². The van der Waals surface area contributed by atoms with Gasteiger partial charge in [0.2, 0.25) is 0 Å². The molecule has 2 nitrogen and oxygen atoms in total. The molecular formula is C9H14N2. The second-order valence-electron chi connectivity index (χ2n) is 3.01. The summed E-state index contributed by atoms with van der Waals surface area (Å²) >= 11 is 0. The monoisotopic (exact) mass is 150 g/mol. The highest BCUT2D eigenvalue weighted by molar-refractivity contribution is 5.13. The minimum atomic E-state index is 0.102. The number of hydrogen-bond donors (Lipinski definition) is 0. The Bertz CT molecular complexity index is 200. The molecule has 1 aliphatic heterocycles. The Hall–Kier alpha value is -0.810. The van der Waals surface area contributed by atoms with Gasteiger partial charge < -0.3 is 0 Å². The van der Waals surface area contributed by atoms with E-state index in [0.717, 1.165) is 19.4 Å². The molecule has 0 fully saturated rings. The molecule has 1 rings (SSSR count). The van der Waals surface area contributed by atoms with E-state index in [1.807, 2.05) is 7.05 Å². The molecule has 1 heterocycles. The average molecular weight is 150 g/mol. The smallest absolute Gasteiger partial charge is 0.101 e. The summed E-state index contributed by atoms with van der Waals surface area (Å²) < 4.78 is 0. The summed E-state index contributed by atoms with van der Waals surface area (Å²) in [7, 11) is 2.01. The first-order valence-corrected chi connectivity index (χ1v) is 4.05. The molecule has 0 saturated carbocycles. The Morgan fingerprint density at radius 1 is 1.82 bits per heavy atom. The van der Waals surface area contributed by atoms with Crippen molar-refractivity contribution in [1.29, 1.82) is 5.26 Å². The lowest BCUT2D eigenvalue weighted by molar-refractivity contribution is 0.295. The highest BCUT2D eigenvalue weighted by atomic mass is 15.1. The lowest BCUT2D eigenvalue weighted by Crippen LogP contribution is -2.34. The Morgan fingerprint density at radius 2 is 2.55 bits per heavy atom. The van der Waals surface area contributed by atoms with Gasteiger partial charge in [0, 0.05) is 6.54 Å². The van der Waals surface area contributed by atoms with E-state index in [1.54, 1.807) is 0 Å². The van der Waals surface area contributed by atoms with Crippen molar-refractivity contribution >= 4 is 0 Å². The lowest BCUT2D eigenvalue weighted by Gasteiger charge is -2.27. The molecule has 2 heteroatoms. The molecule has 0 aromatic heterocycles. The van der Waals surface area contributed by atoms with Crippen molar-refractivity contribution in [3.8, 4) is 6.07 Å². The van der Waals surface area contributed by atoms with Crippen molar-refractivity contribution in [3.05, 3.63) is 11.6 Å². The van der Waals surface area contributed by atoms with Crippen molar-refractivity contribution in [3.63, 3.8) is 0 Å². The zero-order chi connectivity index (χ0) is 8.27. The predicted molar refractivity (Wildman–Crippen MR) is 45.0 cm³/mol. The van der Waals surface area contributed by atoms with Crippen molar-refractivity contribution < 1.29 is 0 Å². The molecule has 0 aromatic rings. The second-order valence-corrected chi connectivity index (χ2v) is 3.01. The van der Waals surface area contributed by atoms with Gasteiger partial charge in [-0.15, -0.1) is 0 Å². The fraction of sp³-hybridized carbons (Fsp3) is 0.667. The Balaban J connectivity index is 2.60. The SMILES string of the molecule is CCC1=CCC(C#N)N(C)C1. The molecule has 0 bridgehead atoms. The maximum atomic E-state index is 8.70. The van der Waals surface area contributed by atoms with Crippen LogP contribution in [0.4, 0.5) is 0 Å². The van der Waals surface area contributed by atoms with Crippen LogP contribution in [0, 0.1) is 11.3 Å². The summed E-state index contributed by atoms with van der Waals surface area (Å²) in [6.45, 7) is 3.13. The molecule has 0 aromatic carbocycles. The van der Waals surface area contributed by atoms with Crippen LogP contribution in [0.1, 0.15) is 19.8 Å². The van der Waals surface area contributed by atoms with Crippen LogP contribution in [0.2, 0.25) is 0 Å². The van der Waals surface area contributed by atoms with Gasteiger partial charge in [0.15, 0.2) is 0 Å². The second kappa shape index (κ2) is 3.54. The van der Waals surface area contributed by atoms with Gasteiger partial charge in [-0.05, 0) is 19.9 Å². The van der Waals surface area contributed by atoms with Gasteiger partial charge in [-0.2, -0.15) is 5.26 Å². The molecule has 0 radical (unpaired) electrons. The third-order valence-corrected chi connectivity index (χ3v) is 2.22. The molecule has 60 valence electrons. The average Bonchev–Trinajstić information content (AvgIpc) is 2.04. The Morgan fingerprint density at radius 3 is 3.00 bits per heavy atom. The minimum absolute atomic E-state index is 0.102. The zero-order valence-corrected chi connectivity index (χ0v) is 7.17. The lowest BCUT2D eigenvalue weighted by atomic mass is 10.0. The molecule has 0 saturated heterocycles. The van der Waals surface area contributed by atoms with Gasteiger partial charge in [-0.25, -0.2) is 0 Å². The fourth-order valence-corrected chi connectivity index (χ4v) is 1.36. The third-order valence-electron chi connectivity index (χ3n) is 2.22. The highest BCUT2D eigenvalue weighted by Crippen LogP contribution is 2.15. The van der Waals surface area contributed by atoms with Gasteiger partial charge in [-0.3, -0.25) is 4.90 Å². The summed E-state index contributed by atoms with van der Waals surface area (Å²) in [5.74, 6) is 0. The zero-order valence-electron chi connectivity index (χ0n) is 7.17. The number of hydrogen-bond acceptors (Lipinski definition) is 2. The number of likely N-dealkylation sites (N-methyl/N-ethyl adjacent to an activating group) is 1. The first-order valence-electron chi connectivity index (χ1n) is 4.05. The molecule has 0 N–H and O–H groups in total. The third kappa shape index (κ3) is 1.81. The van der Waals surface area contributed by atoms with E-state index in [0.29, 0.717) is 0 Å². The number of nitriles is 1. The number of nitrogens with zero attached hydrogens (tertiary/aromatic N) is 2. The molecular weight excluding hydrogens is 136 g/mol. The standard InChI is InChI=1S/C9H14N2/c1-3-8-4-5-9(6-10)11(2)7-8/h4,9H,3,5,7H2,1-2H3. The van der Waals surface area contributed by atoms with E-state index >= 15 is 0 Å². The van der Waals surface area contributed by atoms with Crippen LogP contribution in [0.15, 0.2) is 11.6 Å². The topological polar surface area (TPSA) is 27.0 Å². The van der Waals surface area contributed by atoms with Crippen molar-refractivity contribution in [1.82, 2.24) is 4.90 Å². The van der Waals surface area contributed by atoms with Gasteiger partial charge in [0.05, 0.1) is 6.07 Å². The van der Waals surface area contributed by atoms with Gasteiger partial charge >= 0.3 is 0 Å². The van der Waals surface area contributed by atoms with Crippen LogP contribution in [-0.4, -0.2) is 24.5 Å². The van der Waals surface area contributed by atoms with Crippen molar-refractivity contribution in [2.45, 2.75) is 25.8 Å². The summed E-state index contributed by atoms with van der Waals surface area (Å²) in [5.41, 5.74) is 1.46. The van der Waals surface area contributed by atoms with E-state index in [9.17, 15) is 0 Å². The van der Waals surface area contributed by atoms with Crippen LogP contribution in [0.25, 0.3) is 0 Å². The Labute approximate surface area is 68.1 Å². The normalized spacial score (nSPS) is 25.9. The quantitative estimate of drug-likeness (QED) is 0.530. The van der Waals surface area contributed by atoms with Crippen molar-refractivity contribution in [2.75, 3.05) is 13.6 Å². The molecule has 0 aliphatic carbocycles. The Kier molecular flexibility index (Phi) is 2.67. The molecule has 1 atom stereocenters. The van der Waals surface area contributed by atoms with Gasteiger partial charge in [-0.1, -0.05) is 18.6 Å². The summed E-state index contributed by atoms with van der Waals surface area (Å²) in [5, 5.41) is 8.70. The summed E-state index contributed by atoms with van der Waals surface area (Å²) in [4.78, 5) is 2.11. The molecule has 1 aliphatic rings. The van der Waals surface area contributed by atoms with Crippen LogP contribution in [0.3, 0.4) is 0 Å².